The summed E-state index contributed by atoms with van der Waals surface area (Å²) < 4.78 is 2.63. The minimum atomic E-state index is -0.0846. The van der Waals surface area contributed by atoms with Gasteiger partial charge in [-0.2, -0.15) is 5.10 Å². The smallest absolute Gasteiger partial charge is 0.274 e. The molecule has 4 nitrogen and oxygen atoms in total. The molecular formula is C16H14BrN3O. The van der Waals surface area contributed by atoms with Crippen molar-refractivity contribution in [2.75, 3.05) is 7.05 Å². The molecule has 3 aromatic rings. The normalized spacial score (nSPS) is 10.8. The Bertz CT molecular complexity index is 783. The maximum absolute atomic E-state index is 12.4. The first-order valence-corrected chi connectivity index (χ1v) is 7.37. The molecule has 0 aliphatic carbocycles. The van der Waals surface area contributed by atoms with E-state index in [9.17, 15) is 4.79 Å². The molecule has 0 atom stereocenters. The standard InChI is InChI=1S/C16H14BrN3O/c1-19(10-12-5-3-2-4-6-12)16(21)15-9-14-8-7-13(17)11-20(14)18-15/h2-9,11H,10H2,1H3. The van der Waals surface area contributed by atoms with Crippen LogP contribution in [0.1, 0.15) is 16.1 Å². The van der Waals surface area contributed by atoms with Crippen LogP contribution in [0.5, 0.6) is 0 Å². The highest BCUT2D eigenvalue weighted by Gasteiger charge is 2.15. The summed E-state index contributed by atoms with van der Waals surface area (Å²) in [4.78, 5) is 14.1. The van der Waals surface area contributed by atoms with Crippen LogP contribution in [0, 0.1) is 0 Å². The van der Waals surface area contributed by atoms with E-state index in [1.165, 1.54) is 0 Å². The number of hydrogen-bond acceptors (Lipinski definition) is 2. The molecule has 0 N–H and O–H groups in total. The second kappa shape index (κ2) is 5.69. The zero-order valence-corrected chi connectivity index (χ0v) is 13.1. The van der Waals surface area contributed by atoms with E-state index in [2.05, 4.69) is 21.0 Å². The summed E-state index contributed by atoms with van der Waals surface area (Å²) in [5, 5.41) is 4.33. The lowest BCUT2D eigenvalue weighted by molar-refractivity contribution is 0.0779. The van der Waals surface area contributed by atoms with Gasteiger partial charge in [0.15, 0.2) is 5.69 Å². The molecule has 0 saturated heterocycles. The van der Waals surface area contributed by atoms with E-state index in [1.807, 2.05) is 48.7 Å². The summed E-state index contributed by atoms with van der Waals surface area (Å²) in [6.45, 7) is 0.567. The fourth-order valence-corrected chi connectivity index (χ4v) is 2.52. The Morgan fingerprint density at radius 1 is 1.24 bits per heavy atom. The number of amides is 1. The lowest BCUT2D eigenvalue weighted by Gasteiger charge is -2.15. The van der Waals surface area contributed by atoms with Gasteiger partial charge in [-0.3, -0.25) is 4.79 Å². The molecule has 2 heterocycles. The van der Waals surface area contributed by atoms with Crippen LogP contribution in [0.4, 0.5) is 0 Å². The predicted molar refractivity (Wildman–Crippen MR) is 85.1 cm³/mol. The largest absolute Gasteiger partial charge is 0.336 e. The summed E-state index contributed by atoms with van der Waals surface area (Å²) in [7, 11) is 1.79. The third-order valence-electron chi connectivity index (χ3n) is 3.25. The zero-order valence-electron chi connectivity index (χ0n) is 11.5. The monoisotopic (exact) mass is 343 g/mol. The molecule has 106 valence electrons. The maximum atomic E-state index is 12.4. The van der Waals surface area contributed by atoms with Crippen LogP contribution in [-0.2, 0) is 6.54 Å². The third kappa shape index (κ3) is 2.97. The van der Waals surface area contributed by atoms with Gasteiger partial charge < -0.3 is 4.90 Å². The van der Waals surface area contributed by atoms with Gasteiger partial charge >= 0.3 is 0 Å². The van der Waals surface area contributed by atoms with Crippen LogP contribution in [0.25, 0.3) is 5.52 Å². The van der Waals surface area contributed by atoms with Gasteiger partial charge in [0.05, 0.1) is 5.52 Å². The van der Waals surface area contributed by atoms with Crippen LogP contribution in [0.3, 0.4) is 0 Å². The number of fused-ring (bicyclic) bond motifs is 1. The lowest BCUT2D eigenvalue weighted by Crippen LogP contribution is -2.26. The predicted octanol–water partition coefficient (Wildman–Crippen LogP) is 3.37. The van der Waals surface area contributed by atoms with Gasteiger partial charge in [-0.1, -0.05) is 30.3 Å². The van der Waals surface area contributed by atoms with Gasteiger partial charge in [-0.05, 0) is 39.7 Å². The Labute approximate surface area is 131 Å². The van der Waals surface area contributed by atoms with Crippen molar-refractivity contribution in [3.8, 4) is 0 Å². The van der Waals surface area contributed by atoms with Gasteiger partial charge in [0, 0.05) is 24.3 Å². The Morgan fingerprint density at radius 2 is 2.00 bits per heavy atom. The minimum absolute atomic E-state index is 0.0846. The Kier molecular flexibility index (Phi) is 3.75. The number of rotatable bonds is 3. The van der Waals surface area contributed by atoms with E-state index in [1.54, 1.807) is 22.5 Å². The van der Waals surface area contributed by atoms with Gasteiger partial charge in [0.25, 0.3) is 5.91 Å². The number of nitrogens with zero attached hydrogens (tertiary/aromatic N) is 3. The summed E-state index contributed by atoms with van der Waals surface area (Å²) >= 11 is 3.40. The molecule has 0 aliphatic rings. The number of carbonyl (C=O) groups is 1. The third-order valence-corrected chi connectivity index (χ3v) is 3.72. The lowest BCUT2D eigenvalue weighted by atomic mass is 10.2. The average molecular weight is 344 g/mol. The van der Waals surface area contributed by atoms with Crippen LogP contribution in [0.2, 0.25) is 0 Å². The quantitative estimate of drug-likeness (QED) is 0.731. The molecule has 1 aromatic carbocycles. The zero-order chi connectivity index (χ0) is 14.8. The molecule has 5 heteroatoms. The highest BCUT2D eigenvalue weighted by atomic mass is 79.9. The molecule has 0 fully saturated rings. The van der Waals surface area contributed by atoms with E-state index >= 15 is 0 Å². The van der Waals surface area contributed by atoms with Crippen molar-refractivity contribution >= 4 is 27.4 Å². The molecule has 0 saturated carbocycles. The Morgan fingerprint density at radius 3 is 2.76 bits per heavy atom. The van der Waals surface area contributed by atoms with Crippen molar-refractivity contribution in [2.24, 2.45) is 0 Å². The topological polar surface area (TPSA) is 37.6 Å². The van der Waals surface area contributed by atoms with Gasteiger partial charge in [0.1, 0.15) is 0 Å². The van der Waals surface area contributed by atoms with Crippen LogP contribution >= 0.6 is 15.9 Å². The summed E-state index contributed by atoms with van der Waals surface area (Å²) in [6, 6.07) is 15.6. The van der Waals surface area contributed by atoms with E-state index in [0.717, 1.165) is 15.6 Å². The molecule has 0 spiro atoms. The fourth-order valence-electron chi connectivity index (χ4n) is 2.19. The van der Waals surface area contributed by atoms with Crippen molar-refractivity contribution in [1.29, 1.82) is 0 Å². The van der Waals surface area contributed by atoms with Crippen molar-refractivity contribution in [3.05, 3.63) is 70.5 Å². The van der Waals surface area contributed by atoms with E-state index in [0.29, 0.717) is 12.2 Å². The number of benzene rings is 1. The second-order valence-corrected chi connectivity index (χ2v) is 5.81. The number of hydrogen-bond donors (Lipinski definition) is 0. The first kappa shape index (κ1) is 13.8. The first-order chi connectivity index (χ1) is 10.1. The van der Waals surface area contributed by atoms with Crippen LogP contribution < -0.4 is 0 Å². The molecule has 2 aromatic heterocycles. The first-order valence-electron chi connectivity index (χ1n) is 6.58. The average Bonchev–Trinajstić information content (AvgIpc) is 2.90. The number of aromatic nitrogens is 2. The summed E-state index contributed by atoms with van der Waals surface area (Å²) in [6.07, 6.45) is 1.84. The van der Waals surface area contributed by atoms with E-state index < -0.39 is 0 Å². The highest BCUT2D eigenvalue weighted by molar-refractivity contribution is 9.10. The summed E-state index contributed by atoms with van der Waals surface area (Å²) in [5.74, 6) is -0.0846. The second-order valence-electron chi connectivity index (χ2n) is 4.89. The number of halogens is 1. The van der Waals surface area contributed by atoms with Crippen LogP contribution in [0.15, 0.2) is 59.2 Å². The van der Waals surface area contributed by atoms with Crippen molar-refractivity contribution in [1.82, 2.24) is 14.5 Å². The van der Waals surface area contributed by atoms with Crippen LogP contribution in [-0.4, -0.2) is 27.5 Å². The van der Waals surface area contributed by atoms with Gasteiger partial charge in [-0.25, -0.2) is 4.52 Å². The molecule has 0 radical (unpaired) electrons. The minimum Gasteiger partial charge on any atom is -0.336 e. The molecule has 3 rings (SSSR count). The molecule has 21 heavy (non-hydrogen) atoms. The highest BCUT2D eigenvalue weighted by Crippen LogP contribution is 2.14. The molecular weight excluding hydrogens is 330 g/mol. The number of pyridine rings is 1. The number of carbonyl (C=O) groups excluding carboxylic acids is 1. The van der Waals surface area contributed by atoms with Crippen molar-refractivity contribution in [3.63, 3.8) is 0 Å². The Balaban J connectivity index is 1.82. The van der Waals surface area contributed by atoms with E-state index in [4.69, 9.17) is 0 Å². The molecule has 1 amide bonds. The summed E-state index contributed by atoms with van der Waals surface area (Å²) in [5.41, 5.74) is 2.45. The molecule has 0 aliphatic heterocycles. The maximum Gasteiger partial charge on any atom is 0.274 e. The molecule has 0 unspecified atom stereocenters. The van der Waals surface area contributed by atoms with Crippen molar-refractivity contribution < 1.29 is 4.79 Å². The van der Waals surface area contributed by atoms with E-state index in [-0.39, 0.29) is 5.91 Å². The molecule has 0 bridgehead atoms. The van der Waals surface area contributed by atoms with Crippen molar-refractivity contribution in [2.45, 2.75) is 6.54 Å². The fraction of sp³-hybridized carbons (Fsp3) is 0.125. The van der Waals surface area contributed by atoms with Gasteiger partial charge in [0.2, 0.25) is 0 Å². The van der Waals surface area contributed by atoms with Gasteiger partial charge in [-0.15, -0.1) is 0 Å². The SMILES string of the molecule is CN(Cc1ccccc1)C(=O)c1cc2ccc(Br)cn2n1. The Hall–Kier alpha value is -2.14.